The zero-order chi connectivity index (χ0) is 14.0. The molecule has 19 heavy (non-hydrogen) atoms. The minimum Gasteiger partial charge on any atom is -0.481 e. The third kappa shape index (κ3) is 3.04. The SMILES string of the molecule is NC1CCC(C(=O)N2CCNC(=O)C2CC(=O)O)C1. The van der Waals surface area contributed by atoms with Crippen molar-refractivity contribution >= 4 is 17.8 Å². The smallest absolute Gasteiger partial charge is 0.305 e. The number of amides is 2. The lowest BCUT2D eigenvalue weighted by Crippen LogP contribution is -2.58. The van der Waals surface area contributed by atoms with Crippen LogP contribution in [0.3, 0.4) is 0 Å². The number of nitrogens with one attached hydrogen (secondary N) is 1. The van der Waals surface area contributed by atoms with E-state index in [2.05, 4.69) is 5.32 Å². The van der Waals surface area contributed by atoms with Gasteiger partial charge in [-0.3, -0.25) is 14.4 Å². The first-order chi connectivity index (χ1) is 8.99. The van der Waals surface area contributed by atoms with Crippen molar-refractivity contribution < 1.29 is 19.5 Å². The largest absolute Gasteiger partial charge is 0.481 e. The molecule has 1 heterocycles. The maximum Gasteiger partial charge on any atom is 0.305 e. The average Bonchev–Trinajstić information content (AvgIpc) is 2.77. The second kappa shape index (κ2) is 5.56. The van der Waals surface area contributed by atoms with Gasteiger partial charge in [0.05, 0.1) is 6.42 Å². The Labute approximate surface area is 111 Å². The van der Waals surface area contributed by atoms with Crippen LogP contribution >= 0.6 is 0 Å². The number of carboxylic acid groups (broad SMARTS) is 1. The minimum atomic E-state index is -1.08. The molecule has 7 nitrogen and oxygen atoms in total. The van der Waals surface area contributed by atoms with Crippen molar-refractivity contribution in [3.63, 3.8) is 0 Å². The number of carbonyl (C=O) groups excluding carboxylic acids is 2. The van der Waals surface area contributed by atoms with E-state index in [0.717, 1.165) is 12.8 Å². The fourth-order valence-electron chi connectivity index (χ4n) is 2.82. The molecule has 0 bridgehead atoms. The normalized spacial score (nSPS) is 31.1. The lowest BCUT2D eigenvalue weighted by Gasteiger charge is -2.35. The number of carbonyl (C=O) groups is 3. The lowest BCUT2D eigenvalue weighted by molar-refractivity contribution is -0.150. The standard InChI is InChI=1S/C12H19N3O4/c13-8-2-1-7(5-8)12(19)15-4-3-14-11(18)9(15)6-10(16)17/h7-9H,1-6,13H2,(H,14,18)(H,16,17). The predicted molar refractivity (Wildman–Crippen MR) is 66.1 cm³/mol. The molecule has 2 fully saturated rings. The van der Waals surface area contributed by atoms with Crippen molar-refractivity contribution in [2.24, 2.45) is 11.7 Å². The van der Waals surface area contributed by atoms with Crippen LogP contribution in [0.15, 0.2) is 0 Å². The molecule has 1 saturated heterocycles. The molecule has 0 radical (unpaired) electrons. The molecule has 0 aromatic heterocycles. The molecular formula is C12H19N3O4. The molecule has 1 saturated carbocycles. The van der Waals surface area contributed by atoms with E-state index in [1.165, 1.54) is 4.90 Å². The molecule has 0 aromatic carbocycles. The van der Waals surface area contributed by atoms with E-state index >= 15 is 0 Å². The van der Waals surface area contributed by atoms with Gasteiger partial charge in [-0.2, -0.15) is 0 Å². The summed E-state index contributed by atoms with van der Waals surface area (Å²) >= 11 is 0. The molecule has 106 valence electrons. The van der Waals surface area contributed by atoms with Gasteiger partial charge in [-0.15, -0.1) is 0 Å². The molecule has 3 unspecified atom stereocenters. The molecule has 7 heteroatoms. The van der Waals surface area contributed by atoms with Crippen LogP contribution in [0.25, 0.3) is 0 Å². The molecule has 2 rings (SSSR count). The summed E-state index contributed by atoms with van der Waals surface area (Å²) in [6.45, 7) is 0.744. The Bertz CT molecular complexity index is 398. The molecule has 0 spiro atoms. The van der Waals surface area contributed by atoms with E-state index in [1.807, 2.05) is 0 Å². The van der Waals surface area contributed by atoms with Gasteiger partial charge in [0.25, 0.3) is 0 Å². The number of piperazine rings is 1. The fraction of sp³-hybridized carbons (Fsp3) is 0.750. The third-order valence-corrected chi connectivity index (χ3v) is 3.80. The van der Waals surface area contributed by atoms with Gasteiger partial charge in [0, 0.05) is 25.0 Å². The van der Waals surface area contributed by atoms with Crippen LogP contribution in [0.2, 0.25) is 0 Å². The quantitative estimate of drug-likeness (QED) is 0.603. The number of carboxylic acids is 1. The van der Waals surface area contributed by atoms with Gasteiger partial charge in [0.15, 0.2) is 0 Å². The van der Waals surface area contributed by atoms with Crippen molar-refractivity contribution in [3.05, 3.63) is 0 Å². The number of hydrogen-bond acceptors (Lipinski definition) is 4. The number of hydrogen-bond donors (Lipinski definition) is 3. The van der Waals surface area contributed by atoms with Crippen molar-refractivity contribution in [1.82, 2.24) is 10.2 Å². The second-order valence-electron chi connectivity index (χ2n) is 5.21. The van der Waals surface area contributed by atoms with Crippen LogP contribution in [0.5, 0.6) is 0 Å². The summed E-state index contributed by atoms with van der Waals surface area (Å²) < 4.78 is 0. The van der Waals surface area contributed by atoms with Gasteiger partial charge in [-0.25, -0.2) is 0 Å². The number of nitrogens with zero attached hydrogens (tertiary/aromatic N) is 1. The van der Waals surface area contributed by atoms with E-state index in [9.17, 15) is 14.4 Å². The number of nitrogens with two attached hydrogens (primary N) is 1. The highest BCUT2D eigenvalue weighted by atomic mass is 16.4. The summed E-state index contributed by atoms with van der Waals surface area (Å²) in [6.07, 6.45) is 1.80. The van der Waals surface area contributed by atoms with Crippen LogP contribution in [-0.4, -0.2) is 53.0 Å². The van der Waals surface area contributed by atoms with E-state index in [1.54, 1.807) is 0 Å². The molecular weight excluding hydrogens is 250 g/mol. The van der Waals surface area contributed by atoms with Crippen LogP contribution in [0.4, 0.5) is 0 Å². The number of aliphatic carboxylic acids is 1. The lowest BCUT2D eigenvalue weighted by atomic mass is 10.0. The second-order valence-corrected chi connectivity index (χ2v) is 5.21. The molecule has 1 aliphatic carbocycles. The van der Waals surface area contributed by atoms with Crippen LogP contribution in [-0.2, 0) is 14.4 Å². The van der Waals surface area contributed by atoms with Gasteiger partial charge < -0.3 is 21.1 Å². The van der Waals surface area contributed by atoms with Gasteiger partial charge in [-0.1, -0.05) is 0 Å². The van der Waals surface area contributed by atoms with E-state index in [-0.39, 0.29) is 30.2 Å². The zero-order valence-electron chi connectivity index (χ0n) is 10.7. The Balaban J connectivity index is 2.08. The number of rotatable bonds is 3. The summed E-state index contributed by atoms with van der Waals surface area (Å²) in [5.74, 6) is -1.77. The average molecular weight is 269 g/mol. The zero-order valence-corrected chi connectivity index (χ0v) is 10.7. The Hall–Kier alpha value is -1.63. The van der Waals surface area contributed by atoms with Gasteiger partial charge in [0.1, 0.15) is 6.04 Å². The summed E-state index contributed by atoms with van der Waals surface area (Å²) in [6, 6.07) is -0.860. The maximum atomic E-state index is 12.4. The molecule has 0 aromatic rings. The van der Waals surface area contributed by atoms with Crippen molar-refractivity contribution in [2.75, 3.05) is 13.1 Å². The highest BCUT2D eigenvalue weighted by Crippen LogP contribution is 2.27. The Kier molecular flexibility index (Phi) is 4.04. The Morgan fingerprint density at radius 2 is 2.16 bits per heavy atom. The Morgan fingerprint density at radius 1 is 1.42 bits per heavy atom. The highest BCUT2D eigenvalue weighted by molar-refractivity contribution is 5.92. The maximum absolute atomic E-state index is 12.4. The van der Waals surface area contributed by atoms with Crippen LogP contribution in [0.1, 0.15) is 25.7 Å². The summed E-state index contributed by atoms with van der Waals surface area (Å²) in [5.41, 5.74) is 5.79. The van der Waals surface area contributed by atoms with Crippen molar-refractivity contribution in [3.8, 4) is 0 Å². The van der Waals surface area contributed by atoms with Crippen molar-refractivity contribution in [2.45, 2.75) is 37.8 Å². The van der Waals surface area contributed by atoms with E-state index in [0.29, 0.717) is 19.5 Å². The highest BCUT2D eigenvalue weighted by Gasteiger charge is 2.39. The molecule has 3 atom stereocenters. The first kappa shape index (κ1) is 13.8. The van der Waals surface area contributed by atoms with Crippen LogP contribution < -0.4 is 11.1 Å². The van der Waals surface area contributed by atoms with Crippen molar-refractivity contribution in [1.29, 1.82) is 0 Å². The topological polar surface area (TPSA) is 113 Å². The molecule has 2 aliphatic rings. The summed E-state index contributed by atoms with van der Waals surface area (Å²) in [5, 5.41) is 11.5. The minimum absolute atomic E-state index is 0.0329. The summed E-state index contributed by atoms with van der Waals surface area (Å²) in [7, 11) is 0. The monoisotopic (exact) mass is 269 g/mol. The Morgan fingerprint density at radius 3 is 2.74 bits per heavy atom. The van der Waals surface area contributed by atoms with Gasteiger partial charge >= 0.3 is 5.97 Å². The first-order valence-electron chi connectivity index (χ1n) is 6.54. The summed E-state index contributed by atoms with van der Waals surface area (Å²) in [4.78, 5) is 36.3. The third-order valence-electron chi connectivity index (χ3n) is 3.80. The first-order valence-corrected chi connectivity index (χ1v) is 6.54. The fourth-order valence-corrected chi connectivity index (χ4v) is 2.82. The van der Waals surface area contributed by atoms with Crippen LogP contribution in [0, 0.1) is 5.92 Å². The molecule has 1 aliphatic heterocycles. The van der Waals surface area contributed by atoms with E-state index < -0.39 is 12.0 Å². The van der Waals surface area contributed by atoms with Gasteiger partial charge in [-0.05, 0) is 19.3 Å². The molecule has 2 amide bonds. The predicted octanol–water partition coefficient (Wildman–Crippen LogP) is -1.08. The van der Waals surface area contributed by atoms with Gasteiger partial charge in [0.2, 0.25) is 11.8 Å². The van der Waals surface area contributed by atoms with E-state index in [4.69, 9.17) is 10.8 Å². The molecule has 4 N–H and O–H groups in total.